The van der Waals surface area contributed by atoms with E-state index in [9.17, 15) is 0 Å². The molecule has 0 atom stereocenters. The van der Waals surface area contributed by atoms with Crippen LogP contribution in [-0.2, 0) is 104 Å². The van der Waals surface area contributed by atoms with Gasteiger partial charge in [-0.3, -0.25) is 0 Å². The second-order valence-electron chi connectivity index (χ2n) is 26.5. The molecule has 1 aliphatic carbocycles. The van der Waals surface area contributed by atoms with Crippen molar-refractivity contribution in [3.8, 4) is 23.0 Å². The molecule has 0 heterocycles. The minimum Gasteiger partial charge on any atom is -0.491 e. The molecule has 0 N–H and O–H groups in total. The number of ether oxygens (including phenoxy) is 16. The summed E-state index contributed by atoms with van der Waals surface area (Å²) < 4.78 is 96.9. The van der Waals surface area contributed by atoms with Crippen LogP contribution in [0, 0.1) is 0 Å². The average molecular weight is 1230 g/mol. The second-order valence-corrected chi connectivity index (χ2v) is 26.5. The smallest absolute Gasteiger partial charge is 0.126 e. The molecule has 0 spiro atoms. The molecular weight excluding hydrogens is 1120 g/mol. The van der Waals surface area contributed by atoms with Crippen molar-refractivity contribution in [1.82, 2.24) is 0 Å². The molecule has 88 heavy (non-hydrogen) atoms. The number of hydrogen-bond donors (Lipinski definition) is 0. The van der Waals surface area contributed by atoms with Gasteiger partial charge in [0.05, 0.1) is 132 Å². The first-order valence-corrected chi connectivity index (χ1v) is 31.8. The van der Waals surface area contributed by atoms with Gasteiger partial charge in [-0.1, -0.05) is 132 Å². The molecule has 496 valence electrons. The first-order valence-electron chi connectivity index (χ1n) is 31.8. The van der Waals surface area contributed by atoms with Gasteiger partial charge < -0.3 is 75.8 Å². The van der Waals surface area contributed by atoms with Crippen LogP contribution in [0.1, 0.15) is 150 Å². The maximum Gasteiger partial charge on any atom is 0.126 e. The van der Waals surface area contributed by atoms with Crippen molar-refractivity contribution >= 4 is 0 Å². The van der Waals surface area contributed by atoms with Crippen molar-refractivity contribution in [2.75, 3.05) is 187 Å². The van der Waals surface area contributed by atoms with Gasteiger partial charge in [-0.2, -0.15) is 0 Å². The Kier molecular flexibility index (Phi) is 32.5. The summed E-state index contributed by atoms with van der Waals surface area (Å²) >= 11 is 0. The van der Waals surface area contributed by atoms with E-state index in [2.05, 4.69) is 132 Å². The molecule has 0 aromatic heterocycles. The maximum absolute atomic E-state index is 7.16. The molecule has 8 bridgehead atoms. The lowest BCUT2D eigenvalue weighted by atomic mass is 9.79. The van der Waals surface area contributed by atoms with Crippen LogP contribution < -0.4 is 18.9 Å². The van der Waals surface area contributed by atoms with Gasteiger partial charge in [-0.25, -0.2) is 0 Å². The number of fused-ring (bicyclic) bond motifs is 8. The normalized spacial score (nSPS) is 13.1. The van der Waals surface area contributed by atoms with Crippen molar-refractivity contribution in [3.05, 3.63) is 115 Å². The van der Waals surface area contributed by atoms with Gasteiger partial charge in [0.1, 0.15) is 49.4 Å². The van der Waals surface area contributed by atoms with Crippen molar-refractivity contribution in [3.63, 3.8) is 0 Å². The van der Waals surface area contributed by atoms with E-state index in [1.807, 2.05) is 0 Å². The molecule has 0 saturated heterocycles. The summed E-state index contributed by atoms with van der Waals surface area (Å²) in [6.45, 7) is 37.8. The Morgan fingerprint density at radius 2 is 0.352 bits per heavy atom. The topological polar surface area (TPSA) is 148 Å². The molecule has 1 aliphatic rings. The molecule has 4 aromatic carbocycles. The van der Waals surface area contributed by atoms with Gasteiger partial charge in [-0.15, -0.1) is 0 Å². The molecule has 5 rings (SSSR count). The van der Waals surface area contributed by atoms with E-state index in [-0.39, 0.29) is 21.7 Å². The third kappa shape index (κ3) is 25.7. The molecule has 0 amide bonds. The van der Waals surface area contributed by atoms with Crippen LogP contribution in [-0.4, -0.2) is 187 Å². The zero-order chi connectivity index (χ0) is 64.0. The lowest BCUT2D eigenvalue weighted by Gasteiger charge is -2.29. The van der Waals surface area contributed by atoms with Gasteiger partial charge >= 0.3 is 0 Å². The molecule has 0 unspecified atom stereocenters. The number of benzene rings is 4. The highest BCUT2D eigenvalue weighted by atomic mass is 16.6. The number of rotatable bonds is 40. The van der Waals surface area contributed by atoms with Gasteiger partial charge in [0, 0.05) is 54.1 Å². The summed E-state index contributed by atoms with van der Waals surface area (Å²) in [7, 11) is 6.68. The van der Waals surface area contributed by atoms with Crippen molar-refractivity contribution < 1.29 is 75.8 Å². The Morgan fingerprint density at radius 3 is 0.489 bits per heavy atom. The average Bonchev–Trinajstić information content (AvgIpc) is 1.06. The Hall–Kier alpha value is -4.40. The Morgan fingerprint density at radius 1 is 0.216 bits per heavy atom. The molecule has 0 saturated carbocycles. The summed E-state index contributed by atoms with van der Waals surface area (Å²) in [6.07, 6.45) is 2.03. The number of hydrogen-bond acceptors (Lipinski definition) is 16. The predicted octanol–water partition coefficient (Wildman–Crippen LogP) is 11.8. The zero-order valence-corrected chi connectivity index (χ0v) is 56.9. The largest absolute Gasteiger partial charge is 0.491 e. The van der Waals surface area contributed by atoms with Crippen LogP contribution in [0.15, 0.2) is 48.5 Å². The van der Waals surface area contributed by atoms with Gasteiger partial charge in [0.15, 0.2) is 0 Å². The van der Waals surface area contributed by atoms with Gasteiger partial charge in [-0.05, 0) is 88.4 Å². The molecule has 4 aromatic rings. The summed E-state index contributed by atoms with van der Waals surface area (Å²) in [5, 5.41) is 0. The quantitative estimate of drug-likeness (QED) is 0.0342. The van der Waals surface area contributed by atoms with Crippen molar-refractivity contribution in [2.45, 2.75) is 130 Å². The van der Waals surface area contributed by atoms with Crippen LogP contribution in [0.3, 0.4) is 0 Å². The molecular formula is C72H112O16. The maximum atomic E-state index is 7.16. The first-order chi connectivity index (χ1) is 42.1. The standard InChI is InChI=1S/C72H112O16/c1-69(2,3)61-45-53-41-55-47-62(70(4,5)6)49-57(66(55)86-38-34-82-30-26-78-22-18-74-14)43-59-51-64(72(10,11)12)52-60(68(59)88-40-36-84-32-28-80-24-20-76-16)44-58-50-63(71(7,8)9)48-56(67(58)87-39-35-83-31-27-79-23-19-75-15)42-54(46-61)65(53)85-37-33-81-29-25-77-21-17-73-13/h45-52H,17-44H2,1-16H3. The van der Waals surface area contributed by atoms with E-state index in [1.165, 1.54) is 22.3 Å². The first kappa shape index (κ1) is 74.3. The summed E-state index contributed by atoms with van der Waals surface area (Å²) in [5.74, 6) is 3.26. The monoisotopic (exact) mass is 1230 g/mol. The fraction of sp³-hybridized carbons (Fsp3) is 0.667. The molecule has 0 radical (unpaired) electrons. The third-order valence-corrected chi connectivity index (χ3v) is 15.1. The van der Waals surface area contributed by atoms with Gasteiger partial charge in [0.25, 0.3) is 0 Å². The SMILES string of the molecule is COCCOCCOCCOc1c2cc(C(C)(C)C)cc1Cc1cc(C(C)(C)C)cc(c1OCCOCCOCCOC)Cc1cc(C(C)(C)C)cc(c1OCCOCCOCCOC)Cc1cc(C(C)(C)C)cc(c1OCCOCCOCCOC)C2. The van der Waals surface area contributed by atoms with E-state index in [1.54, 1.807) is 28.4 Å². The summed E-state index contributed by atoms with van der Waals surface area (Å²) in [4.78, 5) is 0. The molecule has 0 aliphatic heterocycles. The van der Waals surface area contributed by atoms with E-state index < -0.39 is 0 Å². The zero-order valence-electron chi connectivity index (χ0n) is 56.9. The molecule has 16 nitrogen and oxygen atoms in total. The highest BCUT2D eigenvalue weighted by molar-refractivity contribution is 5.60. The predicted molar refractivity (Wildman–Crippen MR) is 348 cm³/mol. The minimum absolute atomic E-state index is 0.230. The van der Waals surface area contributed by atoms with Gasteiger partial charge in [0.2, 0.25) is 0 Å². The molecule has 0 fully saturated rings. The van der Waals surface area contributed by atoms with E-state index >= 15 is 0 Å². The van der Waals surface area contributed by atoms with E-state index in [0.717, 1.165) is 67.5 Å². The fourth-order valence-electron chi connectivity index (χ4n) is 10.0. The van der Waals surface area contributed by atoms with Crippen LogP contribution in [0.25, 0.3) is 0 Å². The lowest BCUT2D eigenvalue weighted by molar-refractivity contribution is 0.0177. The van der Waals surface area contributed by atoms with Crippen molar-refractivity contribution in [2.24, 2.45) is 0 Å². The minimum atomic E-state index is -0.230. The van der Waals surface area contributed by atoms with Crippen molar-refractivity contribution in [1.29, 1.82) is 0 Å². The number of methoxy groups -OCH3 is 4. The molecule has 16 heteroatoms. The van der Waals surface area contributed by atoms with Crippen LogP contribution in [0.5, 0.6) is 23.0 Å². The second kappa shape index (κ2) is 38.5. The van der Waals surface area contributed by atoms with E-state index in [4.69, 9.17) is 75.8 Å². The summed E-state index contributed by atoms with van der Waals surface area (Å²) in [5.41, 5.74) is 12.2. The third-order valence-electron chi connectivity index (χ3n) is 15.1. The summed E-state index contributed by atoms with van der Waals surface area (Å²) in [6, 6.07) is 18.7. The van der Waals surface area contributed by atoms with Crippen LogP contribution in [0.4, 0.5) is 0 Å². The Balaban J connectivity index is 1.82. The van der Waals surface area contributed by atoms with Crippen LogP contribution >= 0.6 is 0 Å². The Labute approximate surface area is 529 Å². The Bertz CT molecular complexity index is 2170. The fourth-order valence-corrected chi connectivity index (χ4v) is 10.0. The highest BCUT2D eigenvalue weighted by Crippen LogP contribution is 2.44. The van der Waals surface area contributed by atoms with E-state index in [0.29, 0.717) is 184 Å². The van der Waals surface area contributed by atoms with Crippen LogP contribution in [0.2, 0.25) is 0 Å². The lowest BCUT2D eigenvalue weighted by Crippen LogP contribution is -2.19. The highest BCUT2D eigenvalue weighted by Gasteiger charge is 2.30.